The molecular weight excluding hydrogens is 442 g/mol. The standard InChI is InChI=1S/C24H28ClN5O3/c1-29-18-11-26-22(27-17-6-13-2-3-33-19(13)7-16(17)25)28-21(18)30(23(29)31)20-14-4-12-5-15(20)10-24(32,8-12)9-14/h6-7,11-15,19-20,32H,2-5,8-10H2,1H3,(H,26,27,28). The molecule has 0 aromatic carbocycles. The number of nitrogens with zero attached hydrogens (tertiary/aromatic N) is 4. The Labute approximate surface area is 196 Å². The van der Waals surface area contributed by atoms with Crippen molar-refractivity contribution >= 4 is 28.7 Å². The summed E-state index contributed by atoms with van der Waals surface area (Å²) in [5, 5.41) is 14.9. The molecule has 8 nitrogen and oxygen atoms in total. The van der Waals surface area contributed by atoms with Gasteiger partial charge in [0.1, 0.15) is 5.52 Å². The lowest BCUT2D eigenvalue weighted by Crippen LogP contribution is -2.56. The smallest absolute Gasteiger partial charge is 0.330 e. The summed E-state index contributed by atoms with van der Waals surface area (Å²) in [5.41, 5.74) is 1.57. The van der Waals surface area contributed by atoms with Crippen LogP contribution in [0.15, 0.2) is 33.9 Å². The second-order valence-electron chi connectivity index (χ2n) is 10.8. The van der Waals surface area contributed by atoms with Crippen LogP contribution >= 0.6 is 11.6 Å². The maximum Gasteiger partial charge on any atom is 0.330 e. The number of halogens is 1. The van der Waals surface area contributed by atoms with Crippen molar-refractivity contribution in [1.82, 2.24) is 19.1 Å². The first kappa shape index (κ1) is 20.2. The fraction of sp³-hybridized carbons (Fsp3) is 0.625. The van der Waals surface area contributed by atoms with E-state index in [0.717, 1.165) is 56.3 Å². The number of aromatic nitrogens is 4. The van der Waals surface area contributed by atoms with Crippen molar-refractivity contribution in [2.45, 2.75) is 56.3 Å². The van der Waals surface area contributed by atoms with Crippen molar-refractivity contribution in [1.29, 1.82) is 0 Å². The molecule has 4 atom stereocenters. The van der Waals surface area contributed by atoms with Gasteiger partial charge in [-0.25, -0.2) is 9.78 Å². The molecule has 8 rings (SSSR count). The van der Waals surface area contributed by atoms with Crippen molar-refractivity contribution in [3.8, 4) is 0 Å². The minimum atomic E-state index is -0.540. The number of allylic oxidation sites excluding steroid dienone is 1. The lowest BCUT2D eigenvalue weighted by Gasteiger charge is -2.58. The van der Waals surface area contributed by atoms with Gasteiger partial charge in [-0.2, -0.15) is 4.98 Å². The van der Waals surface area contributed by atoms with Crippen LogP contribution in [0, 0.1) is 23.7 Å². The number of anilines is 1. The number of nitrogens with one attached hydrogen (secondary N) is 1. The highest BCUT2D eigenvalue weighted by Gasteiger charge is 2.56. The predicted molar refractivity (Wildman–Crippen MR) is 124 cm³/mol. The molecule has 4 bridgehead atoms. The lowest BCUT2D eigenvalue weighted by atomic mass is 9.52. The molecule has 33 heavy (non-hydrogen) atoms. The van der Waals surface area contributed by atoms with Gasteiger partial charge in [0, 0.05) is 25.6 Å². The van der Waals surface area contributed by atoms with E-state index in [4.69, 9.17) is 21.3 Å². The largest absolute Gasteiger partial charge is 0.390 e. The van der Waals surface area contributed by atoms with Gasteiger partial charge >= 0.3 is 5.69 Å². The van der Waals surface area contributed by atoms with E-state index in [2.05, 4.69) is 16.4 Å². The number of hydrogen-bond acceptors (Lipinski definition) is 6. The van der Waals surface area contributed by atoms with Gasteiger partial charge < -0.3 is 15.2 Å². The average Bonchev–Trinajstić information content (AvgIpc) is 3.30. The number of fused-ring (bicyclic) bond motifs is 2. The van der Waals surface area contributed by atoms with Gasteiger partial charge in [0.15, 0.2) is 5.65 Å². The van der Waals surface area contributed by atoms with Crippen LogP contribution in [0.1, 0.15) is 44.6 Å². The minimum absolute atomic E-state index is 0.0393. The van der Waals surface area contributed by atoms with E-state index in [0.29, 0.717) is 40.3 Å². The van der Waals surface area contributed by atoms with Gasteiger partial charge in [-0.05, 0) is 62.4 Å². The Morgan fingerprint density at radius 3 is 2.79 bits per heavy atom. The molecule has 4 saturated carbocycles. The summed E-state index contributed by atoms with van der Waals surface area (Å²) in [4.78, 5) is 22.7. The van der Waals surface area contributed by atoms with E-state index in [1.165, 1.54) is 0 Å². The summed E-state index contributed by atoms with van der Waals surface area (Å²) in [5.74, 6) is 1.94. The van der Waals surface area contributed by atoms with Crippen molar-refractivity contribution in [2.24, 2.45) is 30.7 Å². The van der Waals surface area contributed by atoms with Gasteiger partial charge in [0.25, 0.3) is 0 Å². The molecule has 2 aromatic heterocycles. The first-order valence-corrected chi connectivity index (χ1v) is 12.4. The number of imidazole rings is 1. The fourth-order valence-electron chi connectivity index (χ4n) is 7.57. The van der Waals surface area contributed by atoms with E-state index in [1.807, 2.05) is 10.6 Å². The topological polar surface area (TPSA) is 94.2 Å². The minimum Gasteiger partial charge on any atom is -0.390 e. The number of rotatable bonds is 3. The molecule has 174 valence electrons. The Bertz CT molecular complexity index is 1260. The van der Waals surface area contributed by atoms with Crippen LogP contribution in [0.3, 0.4) is 0 Å². The first-order chi connectivity index (χ1) is 15.9. The quantitative estimate of drug-likeness (QED) is 0.717. The summed E-state index contributed by atoms with van der Waals surface area (Å²) in [6.45, 7) is 0.734. The van der Waals surface area contributed by atoms with Gasteiger partial charge in [0.05, 0.1) is 28.6 Å². The zero-order valence-electron chi connectivity index (χ0n) is 18.6. The zero-order valence-corrected chi connectivity index (χ0v) is 19.3. The molecule has 0 radical (unpaired) electrons. The highest BCUT2D eigenvalue weighted by Crippen LogP contribution is 2.59. The Hall–Kier alpha value is -2.16. The molecule has 2 aromatic rings. The summed E-state index contributed by atoms with van der Waals surface area (Å²) >= 11 is 6.51. The molecule has 4 unspecified atom stereocenters. The maximum absolute atomic E-state index is 13.4. The number of ether oxygens (including phenoxy) is 1. The second-order valence-corrected chi connectivity index (χ2v) is 11.2. The van der Waals surface area contributed by atoms with E-state index >= 15 is 0 Å². The summed E-state index contributed by atoms with van der Waals surface area (Å²) < 4.78 is 9.25. The Balaban J connectivity index is 1.28. The molecule has 2 N–H and O–H groups in total. The van der Waals surface area contributed by atoms with Gasteiger partial charge in [-0.1, -0.05) is 17.7 Å². The third kappa shape index (κ3) is 3.00. The molecule has 0 spiro atoms. The van der Waals surface area contributed by atoms with Crippen molar-refractivity contribution in [3.05, 3.63) is 39.6 Å². The molecule has 5 fully saturated rings. The van der Waals surface area contributed by atoms with Crippen LogP contribution in [0.2, 0.25) is 0 Å². The maximum atomic E-state index is 13.4. The van der Waals surface area contributed by atoms with Crippen LogP contribution < -0.4 is 11.0 Å². The molecule has 9 heteroatoms. The summed E-state index contributed by atoms with van der Waals surface area (Å²) in [6, 6.07) is 0.0783. The highest BCUT2D eigenvalue weighted by atomic mass is 35.5. The third-order valence-electron chi connectivity index (χ3n) is 8.70. The van der Waals surface area contributed by atoms with Crippen LogP contribution in [0.4, 0.5) is 5.95 Å². The average molecular weight is 470 g/mol. The van der Waals surface area contributed by atoms with Gasteiger partial charge in [-0.15, -0.1) is 0 Å². The van der Waals surface area contributed by atoms with Crippen molar-refractivity contribution in [2.75, 3.05) is 11.9 Å². The number of aliphatic hydroxyl groups is 1. The van der Waals surface area contributed by atoms with E-state index in [1.54, 1.807) is 17.8 Å². The van der Waals surface area contributed by atoms with E-state index in [-0.39, 0.29) is 17.8 Å². The molecular formula is C24H28ClN5O3. The number of hydrogen-bond donors (Lipinski definition) is 2. The Kier molecular flexibility index (Phi) is 4.25. The van der Waals surface area contributed by atoms with Crippen LogP contribution in [0.25, 0.3) is 11.2 Å². The third-order valence-corrected chi connectivity index (χ3v) is 9.03. The fourth-order valence-corrected chi connectivity index (χ4v) is 7.80. The van der Waals surface area contributed by atoms with Crippen LogP contribution in [0.5, 0.6) is 0 Å². The van der Waals surface area contributed by atoms with Crippen LogP contribution in [-0.4, -0.2) is 42.5 Å². The van der Waals surface area contributed by atoms with E-state index < -0.39 is 5.60 Å². The Morgan fingerprint density at radius 1 is 1.24 bits per heavy atom. The normalized spacial score (nSPS) is 39.0. The van der Waals surface area contributed by atoms with E-state index in [9.17, 15) is 9.90 Å². The second kappa shape index (κ2) is 6.93. The van der Waals surface area contributed by atoms with Crippen molar-refractivity contribution in [3.63, 3.8) is 0 Å². The predicted octanol–water partition coefficient (Wildman–Crippen LogP) is 3.08. The SMILES string of the molecule is Cn1c(=O)n(C2C3CC4CC2CC(O)(C4)C3)c2nc(NC3=CC4CCOC4C=C3Cl)ncc21. The molecule has 6 aliphatic rings. The zero-order chi connectivity index (χ0) is 22.5. The Morgan fingerprint density at radius 2 is 2.03 bits per heavy atom. The van der Waals surface area contributed by atoms with Gasteiger partial charge in [-0.3, -0.25) is 9.13 Å². The summed E-state index contributed by atoms with van der Waals surface area (Å²) in [7, 11) is 1.78. The highest BCUT2D eigenvalue weighted by molar-refractivity contribution is 6.32. The monoisotopic (exact) mass is 469 g/mol. The van der Waals surface area contributed by atoms with Crippen LogP contribution in [-0.2, 0) is 11.8 Å². The van der Waals surface area contributed by atoms with Crippen molar-refractivity contribution < 1.29 is 9.84 Å². The molecule has 0 amide bonds. The van der Waals surface area contributed by atoms with Gasteiger partial charge in [0.2, 0.25) is 5.95 Å². The molecule has 1 saturated heterocycles. The lowest BCUT2D eigenvalue weighted by molar-refractivity contribution is -0.146. The summed E-state index contributed by atoms with van der Waals surface area (Å²) in [6.07, 6.45) is 11.4. The molecule has 5 aliphatic carbocycles. The molecule has 1 aliphatic heterocycles. The number of aryl methyl sites for hydroxylation is 1. The first-order valence-electron chi connectivity index (χ1n) is 12.0. The molecule has 3 heterocycles.